The van der Waals surface area contributed by atoms with Gasteiger partial charge in [0.1, 0.15) is 17.1 Å². The van der Waals surface area contributed by atoms with Crippen molar-refractivity contribution < 1.29 is 23.1 Å². The van der Waals surface area contributed by atoms with Crippen molar-refractivity contribution in [3.63, 3.8) is 0 Å². The predicted molar refractivity (Wildman–Crippen MR) is 107 cm³/mol. The Morgan fingerprint density at radius 3 is 2.64 bits per heavy atom. The van der Waals surface area contributed by atoms with Crippen molar-refractivity contribution in [1.29, 1.82) is 0 Å². The maximum Gasteiger partial charge on any atom is 0.244 e. The van der Waals surface area contributed by atoms with E-state index in [0.717, 1.165) is 27.6 Å². The number of hydrogen-bond acceptors (Lipinski definition) is 4. The van der Waals surface area contributed by atoms with Crippen LogP contribution in [0.4, 0.5) is 4.39 Å². The summed E-state index contributed by atoms with van der Waals surface area (Å²) in [6, 6.07) is 9.94. The van der Waals surface area contributed by atoms with E-state index in [-0.39, 0.29) is 11.7 Å². The number of carbonyl (C=O) groups is 1. The highest BCUT2D eigenvalue weighted by atomic mass is 19.1. The largest absolute Gasteiger partial charge is 0.496 e. The molecule has 28 heavy (non-hydrogen) atoms. The lowest BCUT2D eigenvalue weighted by Gasteiger charge is -2.10. The zero-order chi connectivity index (χ0) is 20.1. The second kappa shape index (κ2) is 8.71. The van der Waals surface area contributed by atoms with E-state index in [0.29, 0.717) is 24.5 Å². The van der Waals surface area contributed by atoms with Crippen LogP contribution in [-0.4, -0.2) is 33.3 Å². The summed E-state index contributed by atoms with van der Waals surface area (Å²) in [5.41, 5.74) is 3.87. The molecule has 0 saturated heterocycles. The van der Waals surface area contributed by atoms with Crippen LogP contribution in [0.3, 0.4) is 0 Å². The van der Waals surface area contributed by atoms with Gasteiger partial charge in [0.15, 0.2) is 0 Å². The fourth-order valence-electron chi connectivity index (χ4n) is 2.99. The van der Waals surface area contributed by atoms with E-state index in [1.165, 1.54) is 18.2 Å². The van der Waals surface area contributed by atoms with Crippen molar-refractivity contribution in [1.82, 2.24) is 5.32 Å². The lowest BCUT2D eigenvalue weighted by atomic mass is 9.99. The van der Waals surface area contributed by atoms with Gasteiger partial charge in [-0.05, 0) is 36.3 Å². The maximum absolute atomic E-state index is 13.3. The molecule has 3 aromatic rings. The number of furan rings is 1. The molecule has 2 aromatic carbocycles. The van der Waals surface area contributed by atoms with Crippen LogP contribution in [0.2, 0.25) is 0 Å². The summed E-state index contributed by atoms with van der Waals surface area (Å²) in [6.45, 7) is 2.73. The number of hydrogen-bond donors (Lipinski definition) is 1. The third kappa shape index (κ3) is 4.23. The highest BCUT2D eigenvalue weighted by Crippen LogP contribution is 2.37. The fraction of sp³-hybridized carbons (Fsp3) is 0.227. The van der Waals surface area contributed by atoms with Crippen molar-refractivity contribution in [2.75, 3.05) is 27.4 Å². The molecular weight excluding hydrogens is 361 g/mol. The van der Waals surface area contributed by atoms with Crippen molar-refractivity contribution in [2.45, 2.75) is 6.92 Å². The molecule has 1 amide bonds. The van der Waals surface area contributed by atoms with E-state index in [1.807, 2.05) is 13.0 Å². The molecule has 0 spiro atoms. The van der Waals surface area contributed by atoms with E-state index < -0.39 is 0 Å². The molecule has 0 aliphatic rings. The number of halogens is 1. The Kier molecular flexibility index (Phi) is 6.11. The molecule has 3 rings (SSSR count). The molecule has 0 saturated carbocycles. The van der Waals surface area contributed by atoms with Gasteiger partial charge >= 0.3 is 0 Å². The van der Waals surface area contributed by atoms with Gasteiger partial charge in [-0.25, -0.2) is 4.39 Å². The molecule has 0 unspecified atom stereocenters. The van der Waals surface area contributed by atoms with Crippen LogP contribution in [0.5, 0.6) is 5.75 Å². The molecule has 1 heterocycles. The topological polar surface area (TPSA) is 60.7 Å². The molecule has 6 heteroatoms. The number of carbonyl (C=O) groups excluding carboxylic acids is 1. The summed E-state index contributed by atoms with van der Waals surface area (Å²) in [5, 5.41) is 3.62. The number of amides is 1. The zero-order valence-corrected chi connectivity index (χ0v) is 16.0. The molecule has 1 aromatic heterocycles. The summed E-state index contributed by atoms with van der Waals surface area (Å²) < 4.78 is 29.3. The van der Waals surface area contributed by atoms with E-state index in [2.05, 4.69) is 5.32 Å². The highest BCUT2D eigenvalue weighted by molar-refractivity contribution is 6.00. The van der Waals surface area contributed by atoms with Crippen molar-refractivity contribution in [3.05, 3.63) is 60.1 Å². The Morgan fingerprint density at radius 2 is 1.96 bits per heavy atom. The number of fused-ring (bicyclic) bond motifs is 1. The summed E-state index contributed by atoms with van der Waals surface area (Å²) >= 11 is 0. The van der Waals surface area contributed by atoms with Gasteiger partial charge in [0.25, 0.3) is 0 Å². The SMILES string of the molecule is COCCNC(=O)/C=C(\C)c1cc2c(-c3ccc(F)cc3)coc2cc1OC. The van der Waals surface area contributed by atoms with Crippen LogP contribution in [0.1, 0.15) is 12.5 Å². The van der Waals surface area contributed by atoms with Gasteiger partial charge in [-0.15, -0.1) is 0 Å². The molecule has 0 aliphatic heterocycles. The van der Waals surface area contributed by atoms with Crippen LogP contribution < -0.4 is 10.1 Å². The second-order valence-electron chi connectivity index (χ2n) is 6.32. The number of benzene rings is 2. The third-order valence-electron chi connectivity index (χ3n) is 4.43. The van der Waals surface area contributed by atoms with Crippen molar-refractivity contribution in [3.8, 4) is 16.9 Å². The Balaban J connectivity index is 2.00. The first-order valence-electron chi connectivity index (χ1n) is 8.84. The van der Waals surface area contributed by atoms with E-state index in [4.69, 9.17) is 13.9 Å². The monoisotopic (exact) mass is 383 g/mol. The van der Waals surface area contributed by atoms with Gasteiger partial charge < -0.3 is 19.2 Å². The average molecular weight is 383 g/mol. The minimum atomic E-state index is -0.294. The normalized spacial score (nSPS) is 11.6. The van der Waals surface area contributed by atoms with Gasteiger partial charge in [-0.1, -0.05) is 12.1 Å². The Labute approximate surface area is 162 Å². The van der Waals surface area contributed by atoms with Gasteiger partial charge in [-0.2, -0.15) is 0 Å². The molecule has 0 bridgehead atoms. The van der Waals surface area contributed by atoms with Crippen LogP contribution in [-0.2, 0) is 9.53 Å². The number of rotatable bonds is 7. The zero-order valence-electron chi connectivity index (χ0n) is 16.0. The predicted octanol–water partition coefficient (Wildman–Crippen LogP) is 4.41. The van der Waals surface area contributed by atoms with E-state index in [1.54, 1.807) is 38.7 Å². The van der Waals surface area contributed by atoms with Crippen LogP contribution >= 0.6 is 0 Å². The van der Waals surface area contributed by atoms with Gasteiger partial charge in [0.05, 0.1) is 20.0 Å². The number of methoxy groups -OCH3 is 2. The van der Waals surface area contributed by atoms with Crippen LogP contribution in [0.15, 0.2) is 53.2 Å². The molecule has 0 atom stereocenters. The van der Waals surface area contributed by atoms with Crippen LogP contribution in [0.25, 0.3) is 27.7 Å². The second-order valence-corrected chi connectivity index (χ2v) is 6.32. The van der Waals surface area contributed by atoms with E-state index >= 15 is 0 Å². The summed E-state index contributed by atoms with van der Waals surface area (Å²) in [5.74, 6) is 0.103. The van der Waals surface area contributed by atoms with Gasteiger partial charge in [0, 0.05) is 42.3 Å². The molecule has 0 radical (unpaired) electrons. The number of nitrogens with one attached hydrogen (secondary N) is 1. The first-order valence-corrected chi connectivity index (χ1v) is 8.84. The minimum Gasteiger partial charge on any atom is -0.496 e. The van der Waals surface area contributed by atoms with E-state index in [9.17, 15) is 9.18 Å². The van der Waals surface area contributed by atoms with Gasteiger partial charge in [-0.3, -0.25) is 4.79 Å². The maximum atomic E-state index is 13.3. The number of ether oxygens (including phenoxy) is 2. The first-order chi connectivity index (χ1) is 13.5. The number of allylic oxidation sites excluding steroid dienone is 1. The molecule has 1 N–H and O–H groups in total. The van der Waals surface area contributed by atoms with Gasteiger partial charge in [0.2, 0.25) is 5.91 Å². The summed E-state index contributed by atoms with van der Waals surface area (Å²) in [7, 11) is 3.15. The third-order valence-corrected chi connectivity index (χ3v) is 4.43. The lowest BCUT2D eigenvalue weighted by Crippen LogP contribution is -2.25. The lowest BCUT2D eigenvalue weighted by molar-refractivity contribution is -0.116. The minimum absolute atomic E-state index is 0.206. The standard InChI is InChI=1S/C22H22FNO4/c1-14(10-22(25)24-8-9-26-2)17-11-18-19(15-4-6-16(23)7-5-15)13-28-21(18)12-20(17)27-3/h4-7,10-13H,8-9H2,1-3H3,(H,24,25)/b14-10+. The highest BCUT2D eigenvalue weighted by Gasteiger charge is 2.15. The smallest absolute Gasteiger partial charge is 0.244 e. The Bertz CT molecular complexity index is 1010. The molecule has 5 nitrogen and oxygen atoms in total. The summed E-state index contributed by atoms with van der Waals surface area (Å²) in [6.07, 6.45) is 3.16. The van der Waals surface area contributed by atoms with Crippen LogP contribution in [0, 0.1) is 5.82 Å². The molecule has 146 valence electrons. The fourth-order valence-corrected chi connectivity index (χ4v) is 2.99. The van der Waals surface area contributed by atoms with Crippen molar-refractivity contribution >= 4 is 22.4 Å². The summed E-state index contributed by atoms with van der Waals surface area (Å²) in [4.78, 5) is 12.1. The Morgan fingerprint density at radius 1 is 1.21 bits per heavy atom. The molecule has 0 aliphatic carbocycles. The molecular formula is C22H22FNO4. The van der Waals surface area contributed by atoms with Crippen molar-refractivity contribution in [2.24, 2.45) is 0 Å². The molecule has 0 fully saturated rings. The quantitative estimate of drug-likeness (QED) is 0.485. The first kappa shape index (κ1) is 19.6. The Hall–Kier alpha value is -3.12. The average Bonchev–Trinajstić information content (AvgIpc) is 3.10.